The topological polar surface area (TPSA) is 35.5 Å². The Labute approximate surface area is 111 Å². The Kier molecular flexibility index (Phi) is 4.38. The zero-order chi connectivity index (χ0) is 12.3. The van der Waals surface area contributed by atoms with Crippen molar-refractivity contribution < 1.29 is 14.3 Å². The fourth-order valence-corrected chi connectivity index (χ4v) is 1.95. The van der Waals surface area contributed by atoms with E-state index in [0.717, 1.165) is 5.56 Å². The molecule has 1 aromatic carbocycles. The van der Waals surface area contributed by atoms with Crippen LogP contribution in [0.25, 0.3) is 0 Å². The van der Waals surface area contributed by atoms with Gasteiger partial charge in [-0.25, -0.2) is 4.79 Å². The highest BCUT2D eigenvalue weighted by Crippen LogP contribution is 2.42. The minimum absolute atomic E-state index is 0.379. The molecule has 0 amide bonds. The lowest BCUT2D eigenvalue weighted by molar-refractivity contribution is 0.0600. The first-order valence-corrected chi connectivity index (χ1v) is 6.13. The van der Waals surface area contributed by atoms with Gasteiger partial charge in [-0.2, -0.15) is 0 Å². The van der Waals surface area contributed by atoms with Gasteiger partial charge in [-0.05, 0) is 19.1 Å². The second-order valence-electron chi connectivity index (χ2n) is 3.30. The van der Waals surface area contributed by atoms with E-state index in [9.17, 15) is 4.79 Å². The van der Waals surface area contributed by atoms with E-state index >= 15 is 0 Å². The minimum Gasteiger partial charge on any atom is -0.496 e. The van der Waals surface area contributed by atoms with Crippen molar-refractivity contribution in [3.05, 3.63) is 29.3 Å². The predicted molar refractivity (Wildman–Crippen MR) is 69.5 cm³/mol. The standard InChI is InChI=1S/C11H12Br2O3/c1-11(12,13)8-5-4-7(10(14)16-3)6-9(8)15-2/h4-6H,1-3H3. The number of hydrogen-bond acceptors (Lipinski definition) is 3. The Morgan fingerprint density at radius 1 is 1.31 bits per heavy atom. The van der Waals surface area contributed by atoms with E-state index in [1.807, 2.05) is 13.0 Å². The second-order valence-corrected chi connectivity index (χ2v) is 7.53. The second kappa shape index (κ2) is 5.19. The Morgan fingerprint density at radius 2 is 1.94 bits per heavy atom. The summed E-state index contributed by atoms with van der Waals surface area (Å²) in [4.78, 5) is 11.3. The lowest BCUT2D eigenvalue weighted by Crippen LogP contribution is -2.08. The van der Waals surface area contributed by atoms with E-state index in [1.165, 1.54) is 7.11 Å². The SMILES string of the molecule is COC(=O)c1ccc(C(C)(Br)Br)c(OC)c1. The predicted octanol–water partition coefficient (Wildman–Crippen LogP) is 3.44. The van der Waals surface area contributed by atoms with E-state index in [-0.39, 0.29) is 9.20 Å². The number of esters is 1. The maximum Gasteiger partial charge on any atom is 0.337 e. The highest BCUT2D eigenvalue weighted by Gasteiger charge is 2.23. The van der Waals surface area contributed by atoms with E-state index in [1.54, 1.807) is 19.2 Å². The van der Waals surface area contributed by atoms with Crippen LogP contribution in [-0.4, -0.2) is 20.2 Å². The molecule has 0 saturated carbocycles. The third kappa shape index (κ3) is 2.98. The van der Waals surface area contributed by atoms with Crippen LogP contribution in [0.5, 0.6) is 5.75 Å². The first kappa shape index (κ1) is 13.5. The number of hydrogen-bond donors (Lipinski definition) is 0. The number of alkyl halides is 2. The van der Waals surface area contributed by atoms with Crippen molar-refractivity contribution in [1.29, 1.82) is 0 Å². The molecule has 0 aliphatic rings. The molecule has 0 N–H and O–H groups in total. The molecule has 0 heterocycles. The van der Waals surface area contributed by atoms with Gasteiger partial charge >= 0.3 is 5.97 Å². The fraction of sp³-hybridized carbons (Fsp3) is 0.364. The molecular formula is C11H12Br2O3. The summed E-state index contributed by atoms with van der Waals surface area (Å²) in [6.07, 6.45) is 0. The maximum absolute atomic E-state index is 11.3. The molecule has 1 aromatic rings. The van der Waals surface area contributed by atoms with Crippen LogP contribution in [0.4, 0.5) is 0 Å². The molecule has 0 radical (unpaired) electrons. The monoisotopic (exact) mass is 350 g/mol. The van der Waals surface area contributed by atoms with Crippen LogP contribution < -0.4 is 4.74 Å². The van der Waals surface area contributed by atoms with Crippen LogP contribution in [0.3, 0.4) is 0 Å². The Bertz CT molecular complexity index is 397. The third-order valence-electron chi connectivity index (χ3n) is 2.10. The molecule has 0 spiro atoms. The molecular weight excluding hydrogens is 340 g/mol. The smallest absolute Gasteiger partial charge is 0.337 e. The van der Waals surface area contributed by atoms with E-state index in [2.05, 4.69) is 36.6 Å². The van der Waals surface area contributed by atoms with Crippen molar-refractivity contribution in [1.82, 2.24) is 0 Å². The number of methoxy groups -OCH3 is 2. The summed E-state index contributed by atoms with van der Waals surface area (Å²) in [5.41, 5.74) is 1.37. The van der Waals surface area contributed by atoms with Crippen molar-refractivity contribution in [3.8, 4) is 5.75 Å². The van der Waals surface area contributed by atoms with Crippen molar-refractivity contribution in [2.24, 2.45) is 0 Å². The number of rotatable bonds is 3. The van der Waals surface area contributed by atoms with Gasteiger partial charge in [-0.15, -0.1) is 0 Å². The number of halogens is 2. The largest absolute Gasteiger partial charge is 0.496 e. The molecule has 0 unspecified atom stereocenters. The molecule has 0 atom stereocenters. The summed E-state index contributed by atoms with van der Waals surface area (Å²) in [6, 6.07) is 5.17. The molecule has 1 rings (SSSR count). The summed E-state index contributed by atoms with van der Waals surface area (Å²) in [5.74, 6) is 0.245. The highest BCUT2D eigenvalue weighted by molar-refractivity contribution is 9.24. The zero-order valence-corrected chi connectivity index (χ0v) is 12.4. The van der Waals surface area contributed by atoms with E-state index < -0.39 is 0 Å². The van der Waals surface area contributed by atoms with Crippen molar-refractivity contribution >= 4 is 37.8 Å². The Balaban J connectivity index is 3.22. The molecule has 0 aliphatic carbocycles. The average molecular weight is 352 g/mol. The summed E-state index contributed by atoms with van der Waals surface area (Å²) in [5, 5.41) is 0. The summed E-state index contributed by atoms with van der Waals surface area (Å²) in [7, 11) is 2.91. The summed E-state index contributed by atoms with van der Waals surface area (Å²) < 4.78 is 9.49. The van der Waals surface area contributed by atoms with Crippen molar-refractivity contribution in [2.75, 3.05) is 14.2 Å². The minimum atomic E-state index is -0.389. The van der Waals surface area contributed by atoms with Gasteiger partial charge in [-0.3, -0.25) is 0 Å². The van der Waals surface area contributed by atoms with Crippen LogP contribution in [0, 0.1) is 0 Å². The zero-order valence-electron chi connectivity index (χ0n) is 9.21. The van der Waals surface area contributed by atoms with Crippen LogP contribution in [-0.2, 0) is 7.97 Å². The quantitative estimate of drug-likeness (QED) is 0.618. The molecule has 88 valence electrons. The molecule has 0 bridgehead atoms. The molecule has 3 nitrogen and oxygen atoms in total. The number of carbonyl (C=O) groups excluding carboxylic acids is 1. The van der Waals surface area contributed by atoms with Crippen LogP contribution in [0.2, 0.25) is 0 Å². The van der Waals surface area contributed by atoms with Crippen LogP contribution in [0.15, 0.2) is 18.2 Å². The van der Waals surface area contributed by atoms with Gasteiger partial charge in [0, 0.05) is 5.56 Å². The number of benzene rings is 1. The third-order valence-corrected chi connectivity index (χ3v) is 2.95. The normalized spacial score (nSPS) is 11.1. The van der Waals surface area contributed by atoms with Gasteiger partial charge < -0.3 is 9.47 Å². The average Bonchev–Trinajstić information content (AvgIpc) is 2.25. The van der Waals surface area contributed by atoms with Gasteiger partial charge in [0.25, 0.3) is 0 Å². The lowest BCUT2D eigenvalue weighted by atomic mass is 10.1. The van der Waals surface area contributed by atoms with Gasteiger partial charge in [-0.1, -0.05) is 37.9 Å². The van der Waals surface area contributed by atoms with E-state index in [4.69, 9.17) is 4.74 Å². The molecule has 0 aliphatic heterocycles. The fourth-order valence-electron chi connectivity index (χ4n) is 1.30. The summed E-state index contributed by atoms with van der Waals surface area (Å²) in [6.45, 7) is 1.93. The van der Waals surface area contributed by atoms with Gasteiger partial charge in [0.2, 0.25) is 0 Å². The Morgan fingerprint density at radius 3 is 2.38 bits per heavy atom. The number of carbonyl (C=O) groups is 1. The molecule has 0 saturated heterocycles. The Hall–Kier alpha value is -0.550. The first-order chi connectivity index (χ1) is 7.40. The van der Waals surface area contributed by atoms with Gasteiger partial charge in [0.05, 0.1) is 19.8 Å². The van der Waals surface area contributed by atoms with Crippen molar-refractivity contribution in [2.45, 2.75) is 10.2 Å². The highest BCUT2D eigenvalue weighted by atomic mass is 79.9. The number of ether oxygens (including phenoxy) is 2. The van der Waals surface area contributed by atoms with Crippen LogP contribution >= 0.6 is 31.9 Å². The lowest BCUT2D eigenvalue weighted by Gasteiger charge is -2.18. The molecule has 0 aromatic heterocycles. The summed E-state index contributed by atoms with van der Waals surface area (Å²) >= 11 is 6.95. The molecule has 16 heavy (non-hydrogen) atoms. The molecule has 0 fully saturated rings. The maximum atomic E-state index is 11.3. The first-order valence-electron chi connectivity index (χ1n) is 4.54. The van der Waals surface area contributed by atoms with Crippen LogP contribution in [0.1, 0.15) is 22.8 Å². The van der Waals surface area contributed by atoms with E-state index in [0.29, 0.717) is 11.3 Å². The van der Waals surface area contributed by atoms with Gasteiger partial charge in [0.1, 0.15) is 8.98 Å². The van der Waals surface area contributed by atoms with Crippen molar-refractivity contribution in [3.63, 3.8) is 0 Å². The van der Waals surface area contributed by atoms with Gasteiger partial charge in [0.15, 0.2) is 0 Å². The molecule has 5 heteroatoms.